The van der Waals surface area contributed by atoms with Gasteiger partial charge in [0.05, 0.1) is 25.6 Å². The zero-order valence-electron chi connectivity index (χ0n) is 19.3. The number of ether oxygens (including phenoxy) is 2. The summed E-state index contributed by atoms with van der Waals surface area (Å²) in [6.45, 7) is 2.51. The molecule has 1 N–H and O–H groups in total. The van der Waals surface area contributed by atoms with Gasteiger partial charge in [-0.15, -0.1) is 0 Å². The number of nitrogens with zero attached hydrogens (tertiary/aromatic N) is 3. The standard InChI is InChI=1S/C26H28N4O3/c1-18-7-10-20(11-8-18)30-23(17-21(28-30)22-6-5-15-29(22)2)26(31)27-14-13-19-9-12-24(32-3)25(16-19)33-4/h5-12,15-17H,13-14H2,1-4H3,(H,27,31). The Morgan fingerprint density at radius 1 is 1.00 bits per heavy atom. The number of amides is 1. The van der Waals surface area contributed by atoms with Crippen molar-refractivity contribution in [2.24, 2.45) is 7.05 Å². The van der Waals surface area contributed by atoms with Crippen LogP contribution in [0.1, 0.15) is 21.6 Å². The van der Waals surface area contributed by atoms with Crippen molar-refractivity contribution < 1.29 is 14.3 Å². The number of rotatable bonds is 8. The highest BCUT2D eigenvalue weighted by Crippen LogP contribution is 2.27. The summed E-state index contributed by atoms with van der Waals surface area (Å²) in [6, 6.07) is 19.5. The predicted molar refractivity (Wildman–Crippen MR) is 128 cm³/mol. The number of methoxy groups -OCH3 is 2. The second-order valence-corrected chi connectivity index (χ2v) is 7.86. The summed E-state index contributed by atoms with van der Waals surface area (Å²) in [4.78, 5) is 13.2. The van der Waals surface area contributed by atoms with Crippen molar-refractivity contribution in [3.8, 4) is 28.6 Å². The first-order valence-corrected chi connectivity index (χ1v) is 10.8. The molecule has 33 heavy (non-hydrogen) atoms. The van der Waals surface area contributed by atoms with Crippen LogP contribution in [-0.4, -0.2) is 41.0 Å². The summed E-state index contributed by atoms with van der Waals surface area (Å²) in [5.74, 6) is 1.18. The van der Waals surface area contributed by atoms with Crippen LogP contribution in [0, 0.1) is 6.92 Å². The Labute approximate surface area is 193 Å². The van der Waals surface area contributed by atoms with Crippen molar-refractivity contribution in [2.75, 3.05) is 20.8 Å². The minimum absolute atomic E-state index is 0.177. The van der Waals surface area contributed by atoms with Crippen molar-refractivity contribution in [3.63, 3.8) is 0 Å². The molecule has 1 amide bonds. The minimum Gasteiger partial charge on any atom is -0.493 e. The van der Waals surface area contributed by atoms with Crippen molar-refractivity contribution in [1.29, 1.82) is 0 Å². The molecule has 2 aromatic heterocycles. The van der Waals surface area contributed by atoms with Crippen molar-refractivity contribution in [2.45, 2.75) is 13.3 Å². The summed E-state index contributed by atoms with van der Waals surface area (Å²) in [7, 11) is 5.18. The maximum absolute atomic E-state index is 13.2. The second-order valence-electron chi connectivity index (χ2n) is 7.86. The highest BCUT2D eigenvalue weighted by atomic mass is 16.5. The molecule has 0 radical (unpaired) electrons. The number of aromatic nitrogens is 3. The molecule has 2 heterocycles. The average molecular weight is 445 g/mol. The summed E-state index contributed by atoms with van der Waals surface area (Å²) >= 11 is 0. The molecule has 4 rings (SSSR count). The lowest BCUT2D eigenvalue weighted by molar-refractivity contribution is 0.0946. The molecule has 0 spiro atoms. The molecule has 4 aromatic rings. The zero-order chi connectivity index (χ0) is 23.4. The number of carbonyl (C=O) groups is 1. The van der Waals surface area contributed by atoms with E-state index in [0.29, 0.717) is 30.2 Å². The molecule has 0 atom stereocenters. The van der Waals surface area contributed by atoms with Crippen molar-refractivity contribution in [1.82, 2.24) is 19.7 Å². The van der Waals surface area contributed by atoms with Crippen LogP contribution in [0.25, 0.3) is 17.1 Å². The van der Waals surface area contributed by atoms with Crippen LogP contribution in [-0.2, 0) is 13.5 Å². The van der Waals surface area contributed by atoms with Gasteiger partial charge in [0.25, 0.3) is 5.91 Å². The summed E-state index contributed by atoms with van der Waals surface area (Å²) in [5, 5.41) is 7.78. The molecule has 0 fully saturated rings. The number of aryl methyl sites for hydroxylation is 2. The molecule has 7 nitrogen and oxygen atoms in total. The van der Waals surface area contributed by atoms with Crippen LogP contribution < -0.4 is 14.8 Å². The van der Waals surface area contributed by atoms with Gasteiger partial charge in [-0.05, 0) is 61.4 Å². The normalized spacial score (nSPS) is 10.8. The fourth-order valence-corrected chi connectivity index (χ4v) is 3.73. The van der Waals surface area contributed by atoms with Crippen LogP contribution in [0.5, 0.6) is 11.5 Å². The Balaban J connectivity index is 1.55. The van der Waals surface area contributed by atoms with Crippen LogP contribution in [0.15, 0.2) is 66.9 Å². The van der Waals surface area contributed by atoms with E-state index in [9.17, 15) is 4.79 Å². The molecule has 0 unspecified atom stereocenters. The van der Waals surface area contributed by atoms with Gasteiger partial charge >= 0.3 is 0 Å². The Bertz CT molecular complexity index is 1260. The van der Waals surface area contributed by atoms with Crippen LogP contribution in [0.2, 0.25) is 0 Å². The van der Waals surface area contributed by atoms with Crippen LogP contribution >= 0.6 is 0 Å². The molecule has 170 valence electrons. The van der Waals surface area contributed by atoms with Gasteiger partial charge < -0.3 is 19.4 Å². The Morgan fingerprint density at radius 3 is 2.42 bits per heavy atom. The lowest BCUT2D eigenvalue weighted by atomic mass is 10.1. The molecule has 0 bridgehead atoms. The van der Waals surface area contributed by atoms with Gasteiger partial charge in [-0.1, -0.05) is 23.8 Å². The third-order valence-electron chi connectivity index (χ3n) is 5.57. The van der Waals surface area contributed by atoms with E-state index in [1.165, 1.54) is 0 Å². The highest BCUT2D eigenvalue weighted by molar-refractivity contribution is 5.94. The summed E-state index contributed by atoms with van der Waals surface area (Å²) in [6.07, 6.45) is 2.62. The van der Waals surface area contributed by atoms with Crippen molar-refractivity contribution >= 4 is 5.91 Å². The monoisotopic (exact) mass is 444 g/mol. The number of hydrogen-bond donors (Lipinski definition) is 1. The fourth-order valence-electron chi connectivity index (χ4n) is 3.73. The predicted octanol–water partition coefficient (Wildman–Crippen LogP) is 4.18. The molecular formula is C26H28N4O3. The first-order chi connectivity index (χ1) is 16.0. The van der Waals surface area contributed by atoms with E-state index in [-0.39, 0.29) is 5.91 Å². The van der Waals surface area contributed by atoms with Gasteiger partial charge in [0.2, 0.25) is 0 Å². The van der Waals surface area contributed by atoms with E-state index in [1.807, 2.05) is 85.4 Å². The van der Waals surface area contributed by atoms with Gasteiger partial charge in [0, 0.05) is 19.8 Å². The zero-order valence-corrected chi connectivity index (χ0v) is 19.3. The lowest BCUT2D eigenvalue weighted by Gasteiger charge is -2.11. The topological polar surface area (TPSA) is 70.3 Å². The fraction of sp³-hybridized carbons (Fsp3) is 0.231. The Hall–Kier alpha value is -4.00. The van der Waals surface area contributed by atoms with E-state index in [1.54, 1.807) is 18.9 Å². The SMILES string of the molecule is COc1ccc(CCNC(=O)c2cc(-c3cccn3C)nn2-c2ccc(C)cc2)cc1OC. The maximum atomic E-state index is 13.2. The van der Waals surface area contributed by atoms with Gasteiger partial charge in [0.15, 0.2) is 11.5 Å². The third kappa shape index (κ3) is 4.77. The van der Waals surface area contributed by atoms with E-state index < -0.39 is 0 Å². The Morgan fingerprint density at radius 2 is 1.76 bits per heavy atom. The van der Waals surface area contributed by atoms with Gasteiger partial charge in [-0.3, -0.25) is 4.79 Å². The average Bonchev–Trinajstić information content (AvgIpc) is 3.45. The Kier molecular flexibility index (Phi) is 6.49. The smallest absolute Gasteiger partial charge is 0.270 e. The lowest BCUT2D eigenvalue weighted by Crippen LogP contribution is -2.27. The first-order valence-electron chi connectivity index (χ1n) is 10.8. The van der Waals surface area contributed by atoms with Crippen molar-refractivity contribution in [3.05, 3.63) is 83.7 Å². The molecule has 7 heteroatoms. The van der Waals surface area contributed by atoms with E-state index in [2.05, 4.69) is 5.32 Å². The molecule has 0 saturated carbocycles. The van der Waals surface area contributed by atoms with Crippen LogP contribution in [0.3, 0.4) is 0 Å². The molecule has 0 saturated heterocycles. The third-order valence-corrected chi connectivity index (χ3v) is 5.57. The minimum atomic E-state index is -0.177. The van der Waals surface area contributed by atoms with Crippen LogP contribution in [0.4, 0.5) is 0 Å². The number of hydrogen-bond acceptors (Lipinski definition) is 4. The van der Waals surface area contributed by atoms with Gasteiger partial charge in [-0.25, -0.2) is 4.68 Å². The molecule has 2 aromatic carbocycles. The van der Waals surface area contributed by atoms with E-state index >= 15 is 0 Å². The number of nitrogens with one attached hydrogen (secondary N) is 1. The molecule has 0 aliphatic carbocycles. The number of benzene rings is 2. The highest BCUT2D eigenvalue weighted by Gasteiger charge is 2.18. The van der Waals surface area contributed by atoms with E-state index in [4.69, 9.17) is 14.6 Å². The van der Waals surface area contributed by atoms with Gasteiger partial charge in [-0.2, -0.15) is 5.10 Å². The molecular weight excluding hydrogens is 416 g/mol. The van der Waals surface area contributed by atoms with E-state index in [0.717, 1.165) is 28.2 Å². The first kappa shape index (κ1) is 22.2. The van der Waals surface area contributed by atoms with Gasteiger partial charge in [0.1, 0.15) is 11.4 Å². The summed E-state index contributed by atoms with van der Waals surface area (Å²) in [5.41, 5.74) is 5.21. The molecule has 0 aliphatic rings. The summed E-state index contributed by atoms with van der Waals surface area (Å²) < 4.78 is 14.3. The maximum Gasteiger partial charge on any atom is 0.270 e. The molecule has 0 aliphatic heterocycles. The largest absolute Gasteiger partial charge is 0.493 e. The quantitative estimate of drug-likeness (QED) is 0.443. The second kappa shape index (κ2) is 9.65. The number of carbonyl (C=O) groups excluding carboxylic acids is 1.